The summed E-state index contributed by atoms with van der Waals surface area (Å²) in [5.41, 5.74) is 2.34. The predicted octanol–water partition coefficient (Wildman–Crippen LogP) is 3.94. The molecule has 0 radical (unpaired) electrons. The lowest BCUT2D eigenvalue weighted by atomic mass is 10.1. The van der Waals surface area contributed by atoms with E-state index in [1.807, 2.05) is 18.2 Å². The fourth-order valence-electron chi connectivity index (χ4n) is 4.93. The van der Waals surface area contributed by atoms with E-state index in [-0.39, 0.29) is 36.2 Å². The lowest BCUT2D eigenvalue weighted by Crippen LogP contribution is -2.52. The first-order chi connectivity index (χ1) is 18.9. The van der Waals surface area contributed by atoms with Gasteiger partial charge in [-0.25, -0.2) is 9.69 Å². The monoisotopic (exact) mass is 589 g/mol. The highest BCUT2D eigenvalue weighted by Gasteiger charge is 2.43. The van der Waals surface area contributed by atoms with Gasteiger partial charge in [-0.15, -0.1) is 0 Å². The van der Waals surface area contributed by atoms with Crippen molar-refractivity contribution in [3.63, 3.8) is 0 Å². The van der Waals surface area contributed by atoms with Crippen molar-refractivity contribution >= 4 is 45.2 Å². The van der Waals surface area contributed by atoms with Gasteiger partial charge >= 0.3 is 5.97 Å². The van der Waals surface area contributed by atoms with Crippen LogP contribution in [0, 0.1) is 0 Å². The quantitative estimate of drug-likeness (QED) is 0.223. The molecule has 0 spiro atoms. The zero-order valence-electron chi connectivity index (χ0n) is 21.3. The minimum absolute atomic E-state index is 0.138. The smallest absolute Gasteiger partial charge is 0.338 e. The molecule has 2 saturated heterocycles. The molecule has 3 aromatic carbocycles. The minimum Gasteiger partial charge on any atom is -0.454 e. The molecular formula is C30H28BrN3O5. The Morgan fingerprint density at radius 3 is 2.13 bits per heavy atom. The number of esters is 1. The molecule has 2 fully saturated rings. The average molecular weight is 590 g/mol. The van der Waals surface area contributed by atoms with Gasteiger partial charge in [0.15, 0.2) is 12.4 Å². The summed E-state index contributed by atoms with van der Waals surface area (Å²) in [5.74, 6) is -1.47. The number of carbonyl (C=O) groups excluding carboxylic acids is 4. The Bertz CT molecular complexity index is 1350. The molecular weight excluding hydrogens is 562 g/mol. The number of ketones is 1. The van der Waals surface area contributed by atoms with E-state index in [2.05, 4.69) is 37.9 Å². The van der Waals surface area contributed by atoms with E-state index in [4.69, 9.17) is 4.74 Å². The van der Waals surface area contributed by atoms with Crippen LogP contribution < -0.4 is 4.90 Å². The largest absolute Gasteiger partial charge is 0.454 e. The minimum atomic E-state index is -0.655. The highest BCUT2D eigenvalue weighted by Crippen LogP contribution is 2.27. The van der Waals surface area contributed by atoms with Crippen LogP contribution in [0.25, 0.3) is 0 Å². The molecule has 0 aromatic heterocycles. The SMILES string of the molecule is O=C(COC(=O)c1ccc(N2C(=O)CC(N3CCN(Cc4ccccc4)CC3)C2=O)cc1)c1ccc(Br)cc1. The van der Waals surface area contributed by atoms with Crippen LogP contribution in [0.15, 0.2) is 83.3 Å². The summed E-state index contributed by atoms with van der Waals surface area (Å²) in [6, 6.07) is 22.7. The van der Waals surface area contributed by atoms with Crippen molar-refractivity contribution in [2.75, 3.05) is 37.7 Å². The van der Waals surface area contributed by atoms with E-state index < -0.39 is 12.0 Å². The summed E-state index contributed by atoms with van der Waals surface area (Å²) < 4.78 is 6.01. The first-order valence-corrected chi connectivity index (χ1v) is 13.6. The van der Waals surface area contributed by atoms with Crippen molar-refractivity contribution in [2.45, 2.75) is 19.0 Å². The summed E-state index contributed by atoms with van der Waals surface area (Å²) in [5, 5.41) is 0. The molecule has 2 aliphatic rings. The number of nitrogens with zero attached hydrogens (tertiary/aromatic N) is 3. The van der Waals surface area contributed by atoms with Crippen LogP contribution in [0.1, 0.15) is 32.7 Å². The Morgan fingerprint density at radius 1 is 0.821 bits per heavy atom. The molecule has 0 aliphatic carbocycles. The van der Waals surface area contributed by atoms with Crippen LogP contribution in [0.4, 0.5) is 5.69 Å². The standard InChI is InChI=1S/C30H28BrN3O5/c31-24-10-6-22(7-11-24)27(35)20-39-30(38)23-8-12-25(13-9-23)34-28(36)18-26(29(34)37)33-16-14-32(15-17-33)19-21-4-2-1-3-5-21/h1-13,26H,14-20H2. The lowest BCUT2D eigenvalue weighted by molar-refractivity contribution is -0.123. The van der Waals surface area contributed by atoms with Gasteiger partial charge in [-0.1, -0.05) is 58.4 Å². The number of rotatable bonds is 8. The Labute approximate surface area is 235 Å². The molecule has 8 nitrogen and oxygen atoms in total. The van der Waals surface area contributed by atoms with E-state index in [1.165, 1.54) is 22.6 Å². The second-order valence-electron chi connectivity index (χ2n) is 9.64. The molecule has 2 aliphatic heterocycles. The Kier molecular flexibility index (Phi) is 8.30. The molecule has 200 valence electrons. The molecule has 39 heavy (non-hydrogen) atoms. The van der Waals surface area contributed by atoms with Crippen molar-refractivity contribution in [2.24, 2.45) is 0 Å². The van der Waals surface area contributed by atoms with E-state index in [0.29, 0.717) is 24.3 Å². The topological polar surface area (TPSA) is 87.2 Å². The molecule has 0 N–H and O–H groups in total. The van der Waals surface area contributed by atoms with Crippen LogP contribution in [-0.4, -0.2) is 72.2 Å². The number of anilines is 1. The molecule has 5 rings (SSSR count). The van der Waals surface area contributed by atoms with Crippen LogP contribution in [-0.2, 0) is 20.9 Å². The normalized spacial score (nSPS) is 18.4. The van der Waals surface area contributed by atoms with Crippen molar-refractivity contribution < 1.29 is 23.9 Å². The Balaban J connectivity index is 1.15. The van der Waals surface area contributed by atoms with Gasteiger partial charge in [-0.3, -0.25) is 24.2 Å². The molecule has 1 atom stereocenters. The zero-order valence-corrected chi connectivity index (χ0v) is 22.9. The molecule has 2 amide bonds. The number of carbonyl (C=O) groups is 4. The average Bonchev–Trinajstić information content (AvgIpc) is 3.26. The van der Waals surface area contributed by atoms with Crippen LogP contribution in [0.3, 0.4) is 0 Å². The number of halogens is 1. The second kappa shape index (κ2) is 12.0. The van der Waals surface area contributed by atoms with Crippen LogP contribution >= 0.6 is 15.9 Å². The van der Waals surface area contributed by atoms with Gasteiger partial charge < -0.3 is 4.74 Å². The number of benzene rings is 3. The summed E-state index contributed by atoms with van der Waals surface area (Å²) in [6.45, 7) is 3.57. The fourth-order valence-corrected chi connectivity index (χ4v) is 5.19. The Hall–Kier alpha value is -3.66. The van der Waals surface area contributed by atoms with Gasteiger partial charge in [0, 0.05) is 42.8 Å². The zero-order chi connectivity index (χ0) is 27.4. The van der Waals surface area contributed by atoms with E-state index in [0.717, 1.165) is 24.1 Å². The van der Waals surface area contributed by atoms with E-state index >= 15 is 0 Å². The van der Waals surface area contributed by atoms with Gasteiger partial charge in [0.05, 0.1) is 23.7 Å². The highest BCUT2D eigenvalue weighted by molar-refractivity contribution is 9.10. The maximum Gasteiger partial charge on any atom is 0.338 e. The fraction of sp³-hybridized carbons (Fsp3) is 0.267. The van der Waals surface area contributed by atoms with Crippen LogP contribution in [0.2, 0.25) is 0 Å². The van der Waals surface area contributed by atoms with Gasteiger partial charge in [0.2, 0.25) is 5.91 Å². The van der Waals surface area contributed by atoms with Crippen molar-refractivity contribution in [3.8, 4) is 0 Å². The van der Waals surface area contributed by atoms with Gasteiger partial charge in [0.25, 0.3) is 5.91 Å². The van der Waals surface area contributed by atoms with Gasteiger partial charge in [-0.05, 0) is 42.0 Å². The third kappa shape index (κ3) is 6.33. The van der Waals surface area contributed by atoms with Crippen molar-refractivity contribution in [1.29, 1.82) is 0 Å². The van der Waals surface area contributed by atoms with Gasteiger partial charge in [-0.2, -0.15) is 0 Å². The first kappa shape index (κ1) is 26.9. The molecule has 0 saturated carbocycles. The maximum atomic E-state index is 13.3. The van der Waals surface area contributed by atoms with E-state index in [1.54, 1.807) is 36.4 Å². The number of Topliss-reactive ketones (excluding diaryl/α,β-unsaturated/α-hetero) is 1. The molecule has 9 heteroatoms. The summed E-state index contributed by atoms with van der Waals surface area (Å²) in [6.07, 6.45) is 0.138. The predicted molar refractivity (Wildman–Crippen MR) is 149 cm³/mol. The third-order valence-corrected chi connectivity index (χ3v) is 7.61. The molecule has 2 heterocycles. The maximum absolute atomic E-state index is 13.3. The number of amides is 2. The van der Waals surface area contributed by atoms with Gasteiger partial charge in [0.1, 0.15) is 0 Å². The molecule has 0 bridgehead atoms. The summed E-state index contributed by atoms with van der Waals surface area (Å²) in [7, 11) is 0. The van der Waals surface area contributed by atoms with Crippen molar-refractivity contribution in [1.82, 2.24) is 9.80 Å². The highest BCUT2D eigenvalue weighted by atomic mass is 79.9. The number of hydrogen-bond acceptors (Lipinski definition) is 7. The van der Waals surface area contributed by atoms with Crippen LogP contribution in [0.5, 0.6) is 0 Å². The summed E-state index contributed by atoms with van der Waals surface area (Å²) in [4.78, 5) is 56.5. The number of piperazine rings is 1. The third-order valence-electron chi connectivity index (χ3n) is 7.08. The molecule has 3 aromatic rings. The lowest BCUT2D eigenvalue weighted by Gasteiger charge is -2.37. The van der Waals surface area contributed by atoms with E-state index in [9.17, 15) is 19.2 Å². The number of ether oxygens (including phenoxy) is 1. The number of imide groups is 1. The number of hydrogen-bond donors (Lipinski definition) is 0. The molecule has 1 unspecified atom stereocenters. The summed E-state index contributed by atoms with van der Waals surface area (Å²) >= 11 is 3.31. The van der Waals surface area contributed by atoms with Crippen molar-refractivity contribution in [3.05, 3.63) is 100 Å². The first-order valence-electron chi connectivity index (χ1n) is 12.8. The Morgan fingerprint density at radius 2 is 1.46 bits per heavy atom. The second-order valence-corrected chi connectivity index (χ2v) is 10.6.